The summed E-state index contributed by atoms with van der Waals surface area (Å²) in [4.78, 5) is 7.88. The molecule has 1 fully saturated rings. The molecule has 1 atom stereocenters. The van der Waals surface area contributed by atoms with Crippen LogP contribution in [0, 0.1) is 10.6 Å². The largest absolute Gasteiger partial charge is 0.373 e. The van der Waals surface area contributed by atoms with Gasteiger partial charge in [0, 0.05) is 18.2 Å². The molecule has 0 spiro atoms. The second-order valence-electron chi connectivity index (χ2n) is 5.86. The van der Waals surface area contributed by atoms with E-state index >= 15 is 0 Å². The zero-order valence-corrected chi connectivity index (χ0v) is 13.6. The smallest absolute Gasteiger partial charge is 0.144 e. The van der Waals surface area contributed by atoms with E-state index in [1.165, 1.54) is 12.8 Å². The molecule has 1 heterocycles. The number of hydrogen-bond acceptors (Lipinski definition) is 3. The highest BCUT2D eigenvalue weighted by molar-refractivity contribution is 9.10. The van der Waals surface area contributed by atoms with Crippen LogP contribution in [-0.2, 0) is 10.2 Å². The van der Waals surface area contributed by atoms with Crippen LogP contribution in [0.3, 0.4) is 0 Å². The van der Waals surface area contributed by atoms with E-state index in [0.717, 1.165) is 16.0 Å². The van der Waals surface area contributed by atoms with Crippen LogP contribution in [-0.4, -0.2) is 17.1 Å². The van der Waals surface area contributed by atoms with Gasteiger partial charge < -0.3 is 9.72 Å². The summed E-state index contributed by atoms with van der Waals surface area (Å²) in [7, 11) is 1.74. The van der Waals surface area contributed by atoms with E-state index in [9.17, 15) is 0 Å². The third kappa shape index (κ3) is 2.83. The number of H-pyrrole nitrogens is 1. The van der Waals surface area contributed by atoms with E-state index in [1.807, 2.05) is 0 Å². The Morgan fingerprint density at radius 1 is 1.44 bits per heavy atom. The standard InChI is InChI=1S/C13H19BrN2OS/c1-13(2,3)10-8(14)12(18)16-11(15-10)9(17-4)7-5-6-7/h7,9H,5-6H2,1-4H3,(H,15,16,18). The molecule has 0 radical (unpaired) electrons. The second kappa shape index (κ2) is 5.02. The van der Waals surface area contributed by atoms with Crippen molar-refractivity contribution in [3.05, 3.63) is 20.6 Å². The van der Waals surface area contributed by atoms with Crippen molar-refractivity contribution in [3.63, 3.8) is 0 Å². The fourth-order valence-electron chi connectivity index (χ4n) is 2.05. The van der Waals surface area contributed by atoms with Gasteiger partial charge in [-0.25, -0.2) is 4.98 Å². The maximum Gasteiger partial charge on any atom is 0.144 e. The van der Waals surface area contributed by atoms with Gasteiger partial charge in [-0.3, -0.25) is 0 Å². The molecular weight excluding hydrogens is 312 g/mol. The number of nitrogens with one attached hydrogen (secondary N) is 1. The van der Waals surface area contributed by atoms with Crippen LogP contribution in [0.4, 0.5) is 0 Å². The molecule has 18 heavy (non-hydrogen) atoms. The average molecular weight is 331 g/mol. The van der Waals surface area contributed by atoms with Crippen LogP contribution in [0.25, 0.3) is 0 Å². The number of aromatic nitrogens is 2. The number of ether oxygens (including phenoxy) is 1. The van der Waals surface area contributed by atoms with Gasteiger partial charge in [0.2, 0.25) is 0 Å². The number of rotatable bonds is 3. The monoisotopic (exact) mass is 330 g/mol. The van der Waals surface area contributed by atoms with Crippen LogP contribution in [0.1, 0.15) is 51.2 Å². The van der Waals surface area contributed by atoms with Crippen molar-refractivity contribution >= 4 is 28.1 Å². The van der Waals surface area contributed by atoms with E-state index in [0.29, 0.717) is 10.6 Å². The summed E-state index contributed by atoms with van der Waals surface area (Å²) in [5.41, 5.74) is 1.08. The molecule has 1 N–H and O–H groups in total. The normalized spacial score (nSPS) is 17.8. The molecule has 0 aromatic carbocycles. The summed E-state index contributed by atoms with van der Waals surface area (Å²) in [6.07, 6.45) is 2.46. The van der Waals surface area contributed by atoms with Crippen molar-refractivity contribution in [2.45, 2.75) is 45.1 Å². The third-order valence-corrected chi connectivity index (χ3v) is 4.54. The van der Waals surface area contributed by atoms with Gasteiger partial charge in [-0.2, -0.15) is 0 Å². The van der Waals surface area contributed by atoms with Crippen molar-refractivity contribution < 1.29 is 4.74 Å². The van der Waals surface area contributed by atoms with Gasteiger partial charge in [-0.15, -0.1) is 0 Å². The second-order valence-corrected chi connectivity index (χ2v) is 7.04. The van der Waals surface area contributed by atoms with Gasteiger partial charge in [0.25, 0.3) is 0 Å². The Kier molecular flexibility index (Phi) is 3.95. The van der Waals surface area contributed by atoms with E-state index < -0.39 is 0 Å². The summed E-state index contributed by atoms with van der Waals surface area (Å²) in [5, 5.41) is 0. The Labute approximate surface area is 121 Å². The summed E-state index contributed by atoms with van der Waals surface area (Å²) in [5.74, 6) is 1.44. The Bertz CT molecular complexity index is 503. The predicted octanol–water partition coefficient (Wildman–Crippen LogP) is 4.30. The molecule has 0 aliphatic heterocycles. The fourth-order valence-corrected chi connectivity index (χ4v) is 3.04. The minimum absolute atomic E-state index is 0.00801. The lowest BCUT2D eigenvalue weighted by Gasteiger charge is -2.23. The van der Waals surface area contributed by atoms with Crippen LogP contribution >= 0.6 is 28.1 Å². The maximum absolute atomic E-state index is 5.57. The van der Waals surface area contributed by atoms with Crippen molar-refractivity contribution in [3.8, 4) is 0 Å². The first kappa shape index (κ1) is 14.2. The molecule has 1 aliphatic rings. The first-order valence-electron chi connectivity index (χ1n) is 6.17. The Balaban J connectivity index is 2.50. The summed E-state index contributed by atoms with van der Waals surface area (Å²) in [6, 6.07) is 0. The van der Waals surface area contributed by atoms with Crippen LogP contribution in [0.5, 0.6) is 0 Å². The van der Waals surface area contributed by atoms with Crippen molar-refractivity contribution in [1.29, 1.82) is 0 Å². The molecule has 5 heteroatoms. The van der Waals surface area contributed by atoms with Crippen LogP contribution in [0.15, 0.2) is 4.47 Å². The molecule has 1 saturated carbocycles. The number of halogens is 1. The highest BCUT2D eigenvalue weighted by atomic mass is 79.9. The lowest BCUT2D eigenvalue weighted by Crippen LogP contribution is -2.19. The fraction of sp³-hybridized carbons (Fsp3) is 0.692. The highest BCUT2D eigenvalue weighted by Crippen LogP contribution is 2.42. The van der Waals surface area contributed by atoms with E-state index in [4.69, 9.17) is 17.0 Å². The lowest BCUT2D eigenvalue weighted by molar-refractivity contribution is 0.0767. The Hall–Kier alpha value is -0.260. The van der Waals surface area contributed by atoms with Gasteiger partial charge in [0.15, 0.2) is 0 Å². The first-order valence-corrected chi connectivity index (χ1v) is 7.37. The van der Waals surface area contributed by atoms with Crippen molar-refractivity contribution in [1.82, 2.24) is 9.97 Å². The minimum atomic E-state index is -0.00801. The van der Waals surface area contributed by atoms with Crippen LogP contribution in [0.2, 0.25) is 0 Å². The van der Waals surface area contributed by atoms with E-state index in [2.05, 4.69) is 46.7 Å². The SMILES string of the molecule is COC(c1nc(=S)c(Br)c(C(C)(C)C)[nH]1)C1CC1. The number of methoxy groups -OCH3 is 1. The van der Waals surface area contributed by atoms with Crippen molar-refractivity contribution in [2.75, 3.05) is 7.11 Å². The van der Waals surface area contributed by atoms with E-state index in [-0.39, 0.29) is 11.5 Å². The zero-order chi connectivity index (χ0) is 13.5. The first-order chi connectivity index (χ1) is 8.34. The lowest BCUT2D eigenvalue weighted by atomic mass is 9.92. The molecule has 0 saturated heterocycles. The Morgan fingerprint density at radius 3 is 2.50 bits per heavy atom. The summed E-state index contributed by atoms with van der Waals surface area (Å²) in [6.45, 7) is 6.46. The maximum atomic E-state index is 5.57. The van der Waals surface area contributed by atoms with Gasteiger partial charge in [-0.05, 0) is 34.7 Å². The molecule has 1 aromatic heterocycles. The topological polar surface area (TPSA) is 37.9 Å². The van der Waals surface area contributed by atoms with Crippen molar-refractivity contribution in [2.24, 2.45) is 5.92 Å². The highest BCUT2D eigenvalue weighted by Gasteiger charge is 2.35. The molecule has 1 aliphatic carbocycles. The molecule has 1 unspecified atom stereocenters. The number of hydrogen-bond donors (Lipinski definition) is 1. The third-order valence-electron chi connectivity index (χ3n) is 3.21. The molecule has 0 bridgehead atoms. The molecular formula is C13H19BrN2OS. The minimum Gasteiger partial charge on any atom is -0.373 e. The number of aromatic amines is 1. The summed E-state index contributed by atoms with van der Waals surface area (Å²) < 4.78 is 7.06. The molecule has 2 rings (SSSR count). The molecule has 0 amide bonds. The number of nitrogens with zero attached hydrogens (tertiary/aromatic N) is 1. The quantitative estimate of drug-likeness (QED) is 0.840. The van der Waals surface area contributed by atoms with Gasteiger partial charge >= 0.3 is 0 Å². The Morgan fingerprint density at radius 2 is 2.06 bits per heavy atom. The van der Waals surface area contributed by atoms with Gasteiger partial charge in [0.05, 0.1) is 4.47 Å². The van der Waals surface area contributed by atoms with E-state index in [1.54, 1.807) is 7.11 Å². The zero-order valence-electron chi connectivity index (χ0n) is 11.2. The average Bonchev–Trinajstić information content (AvgIpc) is 3.06. The van der Waals surface area contributed by atoms with Gasteiger partial charge in [0.1, 0.15) is 16.6 Å². The molecule has 1 aromatic rings. The molecule has 3 nitrogen and oxygen atoms in total. The predicted molar refractivity (Wildman–Crippen MR) is 78.3 cm³/mol. The van der Waals surface area contributed by atoms with Gasteiger partial charge in [-0.1, -0.05) is 33.0 Å². The molecule has 100 valence electrons. The van der Waals surface area contributed by atoms with Crippen LogP contribution < -0.4 is 0 Å². The summed E-state index contributed by atoms with van der Waals surface area (Å²) >= 11 is 8.87.